The molecule has 1 heterocycles. The van der Waals surface area contributed by atoms with E-state index in [1.807, 2.05) is 36.9 Å². The average molecular weight is 187 g/mol. The largest absolute Gasteiger partial charge is 0.253 e. The fourth-order valence-electron chi connectivity index (χ4n) is 1.49. The van der Waals surface area contributed by atoms with Crippen LogP contribution in [0.15, 0.2) is 30.3 Å². The molecule has 0 aliphatic heterocycles. The van der Waals surface area contributed by atoms with Crippen molar-refractivity contribution in [2.75, 3.05) is 0 Å². The molecule has 0 aliphatic rings. The van der Waals surface area contributed by atoms with Gasteiger partial charge in [-0.05, 0) is 12.5 Å². The van der Waals surface area contributed by atoms with E-state index in [9.17, 15) is 0 Å². The van der Waals surface area contributed by atoms with Gasteiger partial charge in [0.15, 0.2) is 0 Å². The van der Waals surface area contributed by atoms with Crippen molar-refractivity contribution in [2.24, 2.45) is 7.05 Å². The highest BCUT2D eigenvalue weighted by molar-refractivity contribution is 5.18. The summed E-state index contributed by atoms with van der Waals surface area (Å²) in [6.45, 7) is 1.91. The molecule has 0 atom stereocenters. The Bertz CT molecular complexity index is 417. The summed E-state index contributed by atoms with van der Waals surface area (Å²) >= 11 is 0. The molecular weight excluding hydrogens is 174 g/mol. The standard InChI is InChI=1S/C11H13N3/c1-9-12-11(14(2)13-9)8-10-6-4-3-5-7-10/h3-7H,8H2,1-2H3. The van der Waals surface area contributed by atoms with Crippen molar-refractivity contribution in [1.82, 2.24) is 14.8 Å². The Kier molecular flexibility index (Phi) is 2.31. The van der Waals surface area contributed by atoms with Crippen LogP contribution in [0, 0.1) is 6.92 Å². The van der Waals surface area contributed by atoms with Gasteiger partial charge in [-0.1, -0.05) is 30.3 Å². The Balaban J connectivity index is 2.23. The van der Waals surface area contributed by atoms with Gasteiger partial charge in [-0.2, -0.15) is 5.10 Å². The van der Waals surface area contributed by atoms with Crippen molar-refractivity contribution in [3.05, 3.63) is 47.5 Å². The van der Waals surface area contributed by atoms with Crippen LogP contribution < -0.4 is 0 Å². The lowest BCUT2D eigenvalue weighted by Crippen LogP contribution is -2.00. The van der Waals surface area contributed by atoms with E-state index >= 15 is 0 Å². The number of aromatic nitrogens is 3. The lowest BCUT2D eigenvalue weighted by atomic mass is 10.1. The first-order valence-corrected chi connectivity index (χ1v) is 4.66. The Labute approximate surface area is 83.4 Å². The summed E-state index contributed by atoms with van der Waals surface area (Å²) in [5.74, 6) is 1.84. The first-order chi connectivity index (χ1) is 6.75. The fourth-order valence-corrected chi connectivity index (χ4v) is 1.49. The Morgan fingerprint density at radius 2 is 1.93 bits per heavy atom. The van der Waals surface area contributed by atoms with E-state index in [0.717, 1.165) is 18.1 Å². The Morgan fingerprint density at radius 1 is 1.21 bits per heavy atom. The lowest BCUT2D eigenvalue weighted by molar-refractivity contribution is 0.712. The summed E-state index contributed by atoms with van der Waals surface area (Å²) in [6.07, 6.45) is 0.845. The summed E-state index contributed by atoms with van der Waals surface area (Å²) in [5, 5.41) is 4.21. The second kappa shape index (κ2) is 3.62. The predicted octanol–water partition coefficient (Wildman–Crippen LogP) is 1.71. The second-order valence-electron chi connectivity index (χ2n) is 3.36. The predicted molar refractivity (Wildman–Crippen MR) is 55.0 cm³/mol. The van der Waals surface area contributed by atoms with Crippen molar-refractivity contribution in [3.63, 3.8) is 0 Å². The SMILES string of the molecule is Cc1nc(Cc2ccccc2)n(C)n1. The van der Waals surface area contributed by atoms with Gasteiger partial charge in [-0.15, -0.1) is 0 Å². The lowest BCUT2D eigenvalue weighted by Gasteiger charge is -1.99. The number of rotatable bonds is 2. The molecule has 0 bridgehead atoms. The monoisotopic (exact) mass is 187 g/mol. The number of hydrogen-bond acceptors (Lipinski definition) is 2. The van der Waals surface area contributed by atoms with Crippen LogP contribution in [-0.2, 0) is 13.5 Å². The molecule has 0 spiro atoms. The maximum Gasteiger partial charge on any atom is 0.147 e. The maximum atomic E-state index is 4.36. The molecule has 0 fully saturated rings. The second-order valence-corrected chi connectivity index (χ2v) is 3.36. The van der Waals surface area contributed by atoms with Gasteiger partial charge >= 0.3 is 0 Å². The zero-order chi connectivity index (χ0) is 9.97. The van der Waals surface area contributed by atoms with Crippen LogP contribution in [0.1, 0.15) is 17.2 Å². The minimum atomic E-state index is 0.832. The van der Waals surface area contributed by atoms with Crippen LogP contribution in [0.5, 0.6) is 0 Å². The van der Waals surface area contributed by atoms with Gasteiger partial charge in [0.2, 0.25) is 0 Å². The third kappa shape index (κ3) is 1.82. The summed E-state index contributed by atoms with van der Waals surface area (Å²) < 4.78 is 1.84. The normalized spacial score (nSPS) is 10.4. The topological polar surface area (TPSA) is 30.7 Å². The van der Waals surface area contributed by atoms with Crippen LogP contribution in [0.4, 0.5) is 0 Å². The zero-order valence-corrected chi connectivity index (χ0v) is 8.44. The molecule has 0 saturated carbocycles. The smallest absolute Gasteiger partial charge is 0.147 e. The minimum absolute atomic E-state index is 0.832. The first-order valence-electron chi connectivity index (χ1n) is 4.66. The van der Waals surface area contributed by atoms with Crippen LogP contribution in [-0.4, -0.2) is 14.8 Å². The van der Waals surface area contributed by atoms with Crippen LogP contribution in [0.2, 0.25) is 0 Å². The fraction of sp³-hybridized carbons (Fsp3) is 0.273. The van der Waals surface area contributed by atoms with Gasteiger partial charge in [0, 0.05) is 13.5 Å². The summed E-state index contributed by atoms with van der Waals surface area (Å²) in [4.78, 5) is 4.36. The third-order valence-corrected chi connectivity index (χ3v) is 2.16. The molecule has 0 N–H and O–H groups in total. The Hall–Kier alpha value is -1.64. The van der Waals surface area contributed by atoms with Gasteiger partial charge in [0.1, 0.15) is 11.6 Å². The molecule has 2 rings (SSSR count). The van der Waals surface area contributed by atoms with E-state index < -0.39 is 0 Å². The number of hydrogen-bond donors (Lipinski definition) is 0. The summed E-state index contributed by atoms with van der Waals surface area (Å²) in [5.41, 5.74) is 1.27. The van der Waals surface area contributed by atoms with Crippen molar-refractivity contribution in [3.8, 4) is 0 Å². The molecule has 0 unspecified atom stereocenters. The molecule has 1 aromatic heterocycles. The van der Waals surface area contributed by atoms with Crippen molar-refractivity contribution in [2.45, 2.75) is 13.3 Å². The van der Waals surface area contributed by atoms with E-state index in [2.05, 4.69) is 22.2 Å². The molecule has 72 valence electrons. The summed E-state index contributed by atoms with van der Waals surface area (Å²) in [7, 11) is 1.93. The molecule has 0 saturated heterocycles. The van der Waals surface area contributed by atoms with Gasteiger partial charge in [0.25, 0.3) is 0 Å². The molecule has 0 aliphatic carbocycles. The zero-order valence-electron chi connectivity index (χ0n) is 8.44. The summed E-state index contributed by atoms with van der Waals surface area (Å²) in [6, 6.07) is 10.3. The molecule has 3 nitrogen and oxygen atoms in total. The van der Waals surface area contributed by atoms with Crippen molar-refractivity contribution in [1.29, 1.82) is 0 Å². The van der Waals surface area contributed by atoms with Gasteiger partial charge in [0.05, 0.1) is 0 Å². The molecule has 0 amide bonds. The molecule has 2 aromatic rings. The van der Waals surface area contributed by atoms with E-state index in [0.29, 0.717) is 0 Å². The van der Waals surface area contributed by atoms with Crippen molar-refractivity contribution >= 4 is 0 Å². The van der Waals surface area contributed by atoms with Gasteiger partial charge in [-0.3, -0.25) is 4.68 Å². The molecule has 0 radical (unpaired) electrons. The van der Waals surface area contributed by atoms with Crippen molar-refractivity contribution < 1.29 is 0 Å². The minimum Gasteiger partial charge on any atom is -0.253 e. The number of aryl methyl sites for hydroxylation is 2. The third-order valence-electron chi connectivity index (χ3n) is 2.16. The first kappa shape index (κ1) is 8.94. The molecule has 14 heavy (non-hydrogen) atoms. The Morgan fingerprint density at radius 3 is 2.50 bits per heavy atom. The molecule has 1 aromatic carbocycles. The van der Waals surface area contributed by atoms with Gasteiger partial charge in [-0.25, -0.2) is 4.98 Å². The van der Waals surface area contributed by atoms with E-state index in [-0.39, 0.29) is 0 Å². The van der Waals surface area contributed by atoms with Crippen LogP contribution in [0.25, 0.3) is 0 Å². The molecular formula is C11H13N3. The van der Waals surface area contributed by atoms with Crippen LogP contribution in [0.3, 0.4) is 0 Å². The number of nitrogens with zero attached hydrogens (tertiary/aromatic N) is 3. The van der Waals surface area contributed by atoms with E-state index in [1.54, 1.807) is 0 Å². The highest BCUT2D eigenvalue weighted by Gasteiger charge is 2.03. The number of benzene rings is 1. The van der Waals surface area contributed by atoms with E-state index in [4.69, 9.17) is 0 Å². The average Bonchev–Trinajstić information content (AvgIpc) is 2.47. The highest BCUT2D eigenvalue weighted by atomic mass is 15.3. The highest BCUT2D eigenvalue weighted by Crippen LogP contribution is 2.06. The molecule has 3 heteroatoms. The maximum absolute atomic E-state index is 4.36. The van der Waals surface area contributed by atoms with E-state index in [1.165, 1.54) is 5.56 Å². The quantitative estimate of drug-likeness (QED) is 0.716. The van der Waals surface area contributed by atoms with Gasteiger partial charge < -0.3 is 0 Å². The van der Waals surface area contributed by atoms with Crippen LogP contribution >= 0.6 is 0 Å².